The molecule has 1 amide bonds. The molecule has 1 N–H and O–H groups in total. The number of pyridine rings is 2. The molecule has 2 heterocycles. The van der Waals surface area contributed by atoms with Gasteiger partial charge in [-0.15, -0.1) is 0 Å². The lowest BCUT2D eigenvalue weighted by molar-refractivity contribution is -0.115. The largest absolute Gasteiger partial charge is 0.274 e. The molecular formula is C11H11N3OS. The lowest BCUT2D eigenvalue weighted by Gasteiger charge is -2.11. The van der Waals surface area contributed by atoms with E-state index in [0.717, 1.165) is 10.9 Å². The van der Waals surface area contributed by atoms with Gasteiger partial charge in [-0.3, -0.25) is 10.2 Å². The molecule has 0 radical (unpaired) electrons. The van der Waals surface area contributed by atoms with Gasteiger partial charge in [0.2, 0.25) is 5.91 Å². The minimum atomic E-state index is -0.173. The number of amides is 1. The molecule has 2 aromatic heterocycles. The first-order valence-corrected chi connectivity index (χ1v) is 5.25. The molecule has 0 aromatic carbocycles. The van der Waals surface area contributed by atoms with E-state index in [1.807, 2.05) is 25.1 Å². The van der Waals surface area contributed by atoms with Gasteiger partial charge in [0.1, 0.15) is 4.64 Å². The number of carbonyl (C=O) groups is 1. The predicted molar refractivity (Wildman–Crippen MR) is 65.3 cm³/mol. The van der Waals surface area contributed by atoms with Crippen LogP contribution in [0.5, 0.6) is 0 Å². The molecule has 4 nitrogen and oxygen atoms in total. The van der Waals surface area contributed by atoms with Crippen LogP contribution >= 0.6 is 12.2 Å². The van der Waals surface area contributed by atoms with Gasteiger partial charge >= 0.3 is 0 Å². The summed E-state index contributed by atoms with van der Waals surface area (Å²) in [6, 6.07) is 5.74. The SMILES string of the molecule is CC(=O)Nn1c(=S)c(C)cc2cccnc21. The fraction of sp³-hybridized carbons (Fsp3) is 0.182. The zero-order valence-corrected chi connectivity index (χ0v) is 9.84. The van der Waals surface area contributed by atoms with E-state index in [9.17, 15) is 4.79 Å². The average Bonchev–Trinajstić information content (AvgIpc) is 2.24. The molecule has 0 bridgehead atoms. The number of carbonyl (C=O) groups excluding carboxylic acids is 1. The zero-order valence-electron chi connectivity index (χ0n) is 9.02. The van der Waals surface area contributed by atoms with Crippen molar-refractivity contribution in [3.63, 3.8) is 0 Å². The Bertz CT molecular complexity index is 618. The summed E-state index contributed by atoms with van der Waals surface area (Å²) in [6.45, 7) is 3.35. The van der Waals surface area contributed by atoms with Crippen molar-refractivity contribution in [2.24, 2.45) is 0 Å². The Morgan fingerprint density at radius 3 is 3.00 bits per heavy atom. The molecule has 16 heavy (non-hydrogen) atoms. The summed E-state index contributed by atoms with van der Waals surface area (Å²) < 4.78 is 2.11. The molecule has 0 saturated carbocycles. The summed E-state index contributed by atoms with van der Waals surface area (Å²) in [5, 5.41) is 0.947. The minimum Gasteiger partial charge on any atom is -0.274 e. The maximum Gasteiger partial charge on any atom is 0.235 e. The van der Waals surface area contributed by atoms with Gasteiger partial charge in [0.25, 0.3) is 0 Å². The molecule has 0 aliphatic rings. The standard InChI is InChI=1S/C11H11N3OS/c1-7-6-9-4-3-5-12-10(9)14(11(7)16)13-8(2)15/h3-6H,1-2H3,(H,13,15). The van der Waals surface area contributed by atoms with Gasteiger partial charge in [-0.1, -0.05) is 12.2 Å². The Morgan fingerprint density at radius 2 is 2.31 bits per heavy atom. The molecule has 2 aromatic rings. The molecule has 82 valence electrons. The minimum absolute atomic E-state index is 0.173. The molecule has 5 heteroatoms. The van der Waals surface area contributed by atoms with E-state index in [1.54, 1.807) is 10.9 Å². The highest BCUT2D eigenvalue weighted by atomic mass is 32.1. The lowest BCUT2D eigenvalue weighted by atomic mass is 10.2. The monoisotopic (exact) mass is 233 g/mol. The Hall–Kier alpha value is -1.75. The van der Waals surface area contributed by atoms with Crippen molar-refractivity contribution in [2.45, 2.75) is 13.8 Å². The Balaban J connectivity index is 2.81. The topological polar surface area (TPSA) is 46.9 Å². The summed E-state index contributed by atoms with van der Waals surface area (Å²) in [6.07, 6.45) is 1.67. The fourth-order valence-corrected chi connectivity index (χ4v) is 1.73. The number of hydrogen-bond acceptors (Lipinski definition) is 3. The average molecular weight is 233 g/mol. The van der Waals surface area contributed by atoms with Gasteiger partial charge in [0.15, 0.2) is 5.65 Å². The lowest BCUT2D eigenvalue weighted by Crippen LogP contribution is -2.22. The highest BCUT2D eigenvalue weighted by Gasteiger charge is 2.05. The maximum absolute atomic E-state index is 11.1. The summed E-state index contributed by atoms with van der Waals surface area (Å²) in [5.41, 5.74) is 4.26. The molecule has 0 saturated heterocycles. The van der Waals surface area contributed by atoms with Crippen LogP contribution in [0, 0.1) is 11.6 Å². The number of fused-ring (bicyclic) bond motifs is 1. The van der Waals surface area contributed by atoms with E-state index < -0.39 is 0 Å². The molecule has 2 rings (SSSR count). The normalized spacial score (nSPS) is 10.4. The zero-order chi connectivity index (χ0) is 11.7. The van der Waals surface area contributed by atoms with Crippen LogP contribution in [0.25, 0.3) is 11.0 Å². The van der Waals surface area contributed by atoms with Crippen LogP contribution in [0.4, 0.5) is 0 Å². The van der Waals surface area contributed by atoms with Crippen LogP contribution in [0.15, 0.2) is 24.4 Å². The molecule has 0 spiro atoms. The second kappa shape index (κ2) is 4.02. The van der Waals surface area contributed by atoms with Crippen LogP contribution in [-0.4, -0.2) is 15.6 Å². The number of nitrogens with one attached hydrogen (secondary N) is 1. The Kier molecular flexibility index (Phi) is 2.70. The van der Waals surface area contributed by atoms with Gasteiger partial charge in [0, 0.05) is 18.5 Å². The first kappa shape index (κ1) is 10.8. The van der Waals surface area contributed by atoms with Crippen molar-refractivity contribution in [3.05, 3.63) is 34.6 Å². The predicted octanol–water partition coefficient (Wildman–Crippen LogP) is 2.16. The molecule has 0 unspecified atom stereocenters. The van der Waals surface area contributed by atoms with Crippen LogP contribution in [0.1, 0.15) is 12.5 Å². The van der Waals surface area contributed by atoms with Crippen molar-refractivity contribution >= 4 is 29.2 Å². The molecule has 0 atom stereocenters. The van der Waals surface area contributed by atoms with Gasteiger partial charge in [-0.25, -0.2) is 9.66 Å². The summed E-state index contributed by atoms with van der Waals surface area (Å²) >= 11 is 5.25. The maximum atomic E-state index is 11.1. The third kappa shape index (κ3) is 1.81. The first-order valence-electron chi connectivity index (χ1n) is 4.84. The van der Waals surface area contributed by atoms with Gasteiger partial charge in [-0.2, -0.15) is 0 Å². The second-order valence-electron chi connectivity index (χ2n) is 3.55. The van der Waals surface area contributed by atoms with E-state index in [1.165, 1.54) is 6.92 Å². The molecule has 0 aliphatic carbocycles. The van der Waals surface area contributed by atoms with Crippen molar-refractivity contribution in [1.29, 1.82) is 0 Å². The molecule has 0 aliphatic heterocycles. The quantitative estimate of drug-likeness (QED) is 0.768. The van der Waals surface area contributed by atoms with E-state index in [-0.39, 0.29) is 5.91 Å². The van der Waals surface area contributed by atoms with Crippen LogP contribution in [-0.2, 0) is 4.79 Å². The third-order valence-corrected chi connectivity index (χ3v) is 2.71. The van der Waals surface area contributed by atoms with Crippen molar-refractivity contribution in [3.8, 4) is 0 Å². The van der Waals surface area contributed by atoms with Crippen molar-refractivity contribution in [2.75, 3.05) is 5.43 Å². The molecular weight excluding hydrogens is 222 g/mol. The summed E-state index contributed by atoms with van der Waals surface area (Å²) in [5.74, 6) is -0.173. The van der Waals surface area contributed by atoms with E-state index in [2.05, 4.69) is 10.4 Å². The number of nitrogens with zero attached hydrogens (tertiary/aromatic N) is 2. The van der Waals surface area contributed by atoms with E-state index in [4.69, 9.17) is 12.2 Å². The first-order chi connectivity index (χ1) is 7.59. The van der Waals surface area contributed by atoms with Crippen molar-refractivity contribution < 1.29 is 4.79 Å². The summed E-state index contributed by atoms with van der Waals surface area (Å²) in [4.78, 5) is 15.3. The van der Waals surface area contributed by atoms with Gasteiger partial charge < -0.3 is 0 Å². The fourth-order valence-electron chi connectivity index (χ4n) is 1.54. The highest BCUT2D eigenvalue weighted by Crippen LogP contribution is 2.14. The van der Waals surface area contributed by atoms with E-state index in [0.29, 0.717) is 10.3 Å². The second-order valence-corrected chi connectivity index (χ2v) is 3.94. The van der Waals surface area contributed by atoms with Crippen LogP contribution in [0.2, 0.25) is 0 Å². The number of aryl methyl sites for hydroxylation is 1. The van der Waals surface area contributed by atoms with Gasteiger partial charge in [-0.05, 0) is 30.7 Å². The Morgan fingerprint density at radius 1 is 1.56 bits per heavy atom. The van der Waals surface area contributed by atoms with Gasteiger partial charge in [0.05, 0.1) is 0 Å². The van der Waals surface area contributed by atoms with Crippen LogP contribution in [0.3, 0.4) is 0 Å². The molecule has 0 fully saturated rings. The summed E-state index contributed by atoms with van der Waals surface area (Å²) in [7, 11) is 0. The Labute approximate surface area is 97.9 Å². The highest BCUT2D eigenvalue weighted by molar-refractivity contribution is 7.71. The number of rotatable bonds is 1. The number of aromatic nitrogens is 2. The van der Waals surface area contributed by atoms with Crippen LogP contribution < -0.4 is 5.43 Å². The number of hydrogen-bond donors (Lipinski definition) is 1. The third-order valence-electron chi connectivity index (χ3n) is 2.21. The van der Waals surface area contributed by atoms with Crippen molar-refractivity contribution in [1.82, 2.24) is 9.66 Å². The smallest absolute Gasteiger partial charge is 0.235 e. The van der Waals surface area contributed by atoms with E-state index >= 15 is 0 Å².